The van der Waals surface area contributed by atoms with Gasteiger partial charge >= 0.3 is 0 Å². The van der Waals surface area contributed by atoms with Gasteiger partial charge < -0.3 is 4.42 Å². The van der Waals surface area contributed by atoms with Gasteiger partial charge in [-0.1, -0.05) is 13.0 Å². The molecule has 64 valence electrons. The Kier molecular flexibility index (Phi) is 1.93. The van der Waals surface area contributed by atoms with Crippen LogP contribution in [0.4, 0.5) is 0 Å². The molecule has 1 heterocycles. The lowest BCUT2D eigenvalue weighted by Gasteiger charge is -2.01. The van der Waals surface area contributed by atoms with E-state index < -0.39 is 0 Å². The van der Waals surface area contributed by atoms with Crippen molar-refractivity contribution in [2.45, 2.75) is 19.2 Å². The van der Waals surface area contributed by atoms with Gasteiger partial charge in [0.2, 0.25) is 5.89 Å². The first kappa shape index (κ1) is 7.87. The van der Waals surface area contributed by atoms with Gasteiger partial charge in [0, 0.05) is 0 Å². The van der Waals surface area contributed by atoms with E-state index in [9.17, 15) is 0 Å². The smallest absolute Gasteiger partial charge is 0.210 e. The molecule has 2 rings (SSSR count). The predicted octanol–water partition coefficient (Wildman–Crippen LogP) is 1.01. The second-order valence-electron chi connectivity index (χ2n) is 3.07. The summed E-state index contributed by atoms with van der Waals surface area (Å²) in [6.45, 7) is 2.16. The Labute approximate surface area is 75.6 Å². The number of aromatic nitrogens is 1. The highest BCUT2D eigenvalue weighted by Gasteiger charge is 2.06. The Morgan fingerprint density at radius 3 is 3.33 bits per heavy atom. The largest absolute Gasteiger partial charge is 0.440 e. The van der Waals surface area contributed by atoms with Crippen LogP contribution in [0.15, 0.2) is 4.42 Å². The maximum atomic E-state index is 5.60. The third kappa shape index (κ3) is 1.27. The van der Waals surface area contributed by atoms with Gasteiger partial charge in [-0.3, -0.25) is 0 Å². The SMILES string of the molecule is CC1C=c2nc(CCl)oc2=CC1. The zero-order valence-electron chi connectivity index (χ0n) is 6.88. The average molecular weight is 184 g/mol. The van der Waals surface area contributed by atoms with Crippen LogP contribution in [0.3, 0.4) is 0 Å². The molecule has 0 saturated heterocycles. The van der Waals surface area contributed by atoms with Crippen LogP contribution in [-0.4, -0.2) is 4.98 Å². The van der Waals surface area contributed by atoms with Gasteiger partial charge in [0.05, 0.1) is 5.88 Å². The molecule has 0 spiro atoms. The third-order valence-corrected chi connectivity index (χ3v) is 2.19. The minimum atomic E-state index is 0.350. The van der Waals surface area contributed by atoms with Gasteiger partial charge in [-0.05, 0) is 18.4 Å². The highest BCUT2D eigenvalue weighted by Crippen LogP contribution is 2.06. The Balaban J connectivity index is 2.60. The lowest BCUT2D eigenvalue weighted by Crippen LogP contribution is -2.26. The molecule has 0 radical (unpaired) electrons. The second-order valence-corrected chi connectivity index (χ2v) is 3.34. The number of hydrogen-bond donors (Lipinski definition) is 0. The van der Waals surface area contributed by atoms with Crippen molar-refractivity contribution in [2.75, 3.05) is 0 Å². The fourth-order valence-electron chi connectivity index (χ4n) is 1.34. The minimum absolute atomic E-state index is 0.350. The van der Waals surface area contributed by atoms with Crippen molar-refractivity contribution in [1.29, 1.82) is 0 Å². The fourth-order valence-corrected chi connectivity index (χ4v) is 1.46. The molecule has 0 fully saturated rings. The van der Waals surface area contributed by atoms with Crippen LogP contribution in [0.25, 0.3) is 12.2 Å². The standard InChI is InChI=1S/C9H10ClNO/c1-6-2-3-8-7(4-6)11-9(5-10)12-8/h3-4,6H,2,5H2,1H3. The van der Waals surface area contributed by atoms with E-state index >= 15 is 0 Å². The molecule has 1 aromatic heterocycles. The Morgan fingerprint density at radius 2 is 2.58 bits per heavy atom. The van der Waals surface area contributed by atoms with Crippen LogP contribution in [0, 0.1) is 5.92 Å². The average Bonchev–Trinajstić information content (AvgIpc) is 2.46. The van der Waals surface area contributed by atoms with Crippen molar-refractivity contribution in [1.82, 2.24) is 4.98 Å². The number of rotatable bonds is 1. The highest BCUT2D eigenvalue weighted by atomic mass is 35.5. The summed E-state index contributed by atoms with van der Waals surface area (Å²) in [5.74, 6) is 1.53. The molecule has 1 aliphatic rings. The molecule has 0 bridgehead atoms. The quantitative estimate of drug-likeness (QED) is 0.608. The molecule has 0 saturated carbocycles. The number of oxazole rings is 1. The Bertz CT molecular complexity index is 393. The maximum Gasteiger partial charge on any atom is 0.210 e. The van der Waals surface area contributed by atoms with Gasteiger partial charge in [0.25, 0.3) is 0 Å². The molecule has 12 heavy (non-hydrogen) atoms. The van der Waals surface area contributed by atoms with Crippen LogP contribution >= 0.6 is 11.6 Å². The van der Waals surface area contributed by atoms with Crippen LogP contribution < -0.4 is 10.8 Å². The van der Waals surface area contributed by atoms with E-state index in [-0.39, 0.29) is 0 Å². The molecule has 1 aliphatic carbocycles. The summed E-state index contributed by atoms with van der Waals surface area (Å²) < 4.78 is 5.37. The summed E-state index contributed by atoms with van der Waals surface area (Å²) in [4.78, 5) is 4.23. The van der Waals surface area contributed by atoms with Crippen molar-refractivity contribution in [3.63, 3.8) is 0 Å². The predicted molar refractivity (Wildman–Crippen MR) is 48.0 cm³/mol. The molecule has 0 aromatic carbocycles. The number of hydrogen-bond acceptors (Lipinski definition) is 2. The number of nitrogens with zero attached hydrogens (tertiary/aromatic N) is 1. The molecular weight excluding hydrogens is 174 g/mol. The van der Waals surface area contributed by atoms with Crippen LogP contribution in [-0.2, 0) is 5.88 Å². The van der Waals surface area contributed by atoms with E-state index in [1.165, 1.54) is 0 Å². The summed E-state index contributed by atoms with van der Waals surface area (Å²) in [7, 11) is 0. The molecule has 1 unspecified atom stereocenters. The normalized spacial score (nSPS) is 21.0. The van der Waals surface area contributed by atoms with Gasteiger partial charge in [-0.2, -0.15) is 0 Å². The zero-order chi connectivity index (χ0) is 8.55. The summed E-state index contributed by atoms with van der Waals surface area (Å²) in [5.41, 5.74) is 0.878. The van der Waals surface area contributed by atoms with Gasteiger partial charge in [0.1, 0.15) is 5.35 Å². The number of fused-ring (bicyclic) bond motifs is 1. The lowest BCUT2D eigenvalue weighted by molar-refractivity contribution is 0.484. The first-order valence-corrected chi connectivity index (χ1v) is 4.57. The van der Waals surface area contributed by atoms with E-state index in [2.05, 4.69) is 24.1 Å². The van der Waals surface area contributed by atoms with Gasteiger partial charge in [-0.15, -0.1) is 11.6 Å². The fraction of sp³-hybridized carbons (Fsp3) is 0.444. The van der Waals surface area contributed by atoms with Crippen LogP contribution in [0.2, 0.25) is 0 Å². The number of halogens is 1. The van der Waals surface area contributed by atoms with Crippen molar-refractivity contribution in [3.8, 4) is 0 Å². The van der Waals surface area contributed by atoms with E-state index in [0.717, 1.165) is 17.2 Å². The van der Waals surface area contributed by atoms with E-state index in [1.54, 1.807) is 0 Å². The first-order chi connectivity index (χ1) is 5.79. The zero-order valence-corrected chi connectivity index (χ0v) is 7.64. The van der Waals surface area contributed by atoms with E-state index in [4.69, 9.17) is 16.0 Å². The molecule has 1 atom stereocenters. The third-order valence-electron chi connectivity index (χ3n) is 1.96. The van der Waals surface area contributed by atoms with Gasteiger partial charge in [0.15, 0.2) is 5.42 Å². The molecule has 2 nitrogen and oxygen atoms in total. The van der Waals surface area contributed by atoms with E-state index in [1.807, 2.05) is 0 Å². The highest BCUT2D eigenvalue weighted by molar-refractivity contribution is 6.16. The maximum absolute atomic E-state index is 5.60. The summed E-state index contributed by atoms with van der Waals surface area (Å²) in [6.07, 6.45) is 5.22. The molecule has 0 amide bonds. The van der Waals surface area contributed by atoms with Crippen LogP contribution in [0.1, 0.15) is 19.2 Å². The molecule has 0 N–H and O–H groups in total. The monoisotopic (exact) mass is 183 g/mol. The summed E-state index contributed by atoms with van der Waals surface area (Å²) in [5, 5.41) is 0.949. The topological polar surface area (TPSA) is 26.0 Å². The van der Waals surface area contributed by atoms with Crippen LogP contribution in [0.5, 0.6) is 0 Å². The Morgan fingerprint density at radius 1 is 1.75 bits per heavy atom. The van der Waals surface area contributed by atoms with Crippen molar-refractivity contribution >= 4 is 23.8 Å². The molecule has 1 aromatic rings. The van der Waals surface area contributed by atoms with Crippen molar-refractivity contribution < 1.29 is 4.42 Å². The molecule has 0 aliphatic heterocycles. The molecular formula is C9H10ClNO. The minimum Gasteiger partial charge on any atom is -0.440 e. The van der Waals surface area contributed by atoms with Crippen molar-refractivity contribution in [2.24, 2.45) is 5.92 Å². The summed E-state index contributed by atoms with van der Waals surface area (Å²) in [6, 6.07) is 0. The summed E-state index contributed by atoms with van der Waals surface area (Å²) >= 11 is 5.60. The first-order valence-electron chi connectivity index (χ1n) is 4.03. The van der Waals surface area contributed by atoms with Gasteiger partial charge in [-0.25, -0.2) is 4.98 Å². The second kappa shape index (κ2) is 2.94. The molecule has 3 heteroatoms. The lowest BCUT2D eigenvalue weighted by atomic mass is 10.0. The van der Waals surface area contributed by atoms with Crippen molar-refractivity contribution in [3.05, 3.63) is 16.7 Å². The van der Waals surface area contributed by atoms with E-state index in [0.29, 0.717) is 17.7 Å². The Hall–Kier alpha value is -0.760. The number of alkyl halides is 1.